The van der Waals surface area contributed by atoms with E-state index in [-0.39, 0.29) is 12.9 Å². The van der Waals surface area contributed by atoms with Gasteiger partial charge in [0.15, 0.2) is 0 Å². The summed E-state index contributed by atoms with van der Waals surface area (Å²) in [5, 5.41) is 13.8. The average molecular weight is 333 g/mol. The Labute approximate surface area is 141 Å². The average Bonchev–Trinajstić information content (AvgIpc) is 3.19. The van der Waals surface area contributed by atoms with E-state index >= 15 is 0 Å². The summed E-state index contributed by atoms with van der Waals surface area (Å²) < 4.78 is 2.29. The molecule has 1 aliphatic heterocycles. The second-order valence-electron chi connectivity index (χ2n) is 5.40. The molecule has 7 heteroatoms. The molecule has 1 unspecified atom stereocenters. The van der Waals surface area contributed by atoms with E-state index < -0.39 is 0 Å². The summed E-state index contributed by atoms with van der Waals surface area (Å²) in [5.41, 5.74) is 1.20. The van der Waals surface area contributed by atoms with Crippen LogP contribution in [-0.4, -0.2) is 57.7 Å². The lowest BCUT2D eigenvalue weighted by Gasteiger charge is -2.13. The standard InChI is InChI=1S/C15H19N3.2CH2O2/c1-17-9-7-13(11-17)12-18-10-8-16-15(18)14-5-3-2-4-6-14;2*2-1-3/h2-6,8,10,13H,7,9,11-12H2,1H3;2*1H,(H,2,3). The van der Waals surface area contributed by atoms with E-state index in [9.17, 15) is 0 Å². The summed E-state index contributed by atoms with van der Waals surface area (Å²) in [6, 6.07) is 10.4. The third-order valence-electron chi connectivity index (χ3n) is 3.69. The Bertz CT molecular complexity index is 595. The zero-order chi connectivity index (χ0) is 17.8. The minimum Gasteiger partial charge on any atom is -0.483 e. The Morgan fingerprint density at radius 1 is 1.21 bits per heavy atom. The number of likely N-dealkylation sites (tertiary alicyclic amines) is 1. The number of hydrogen-bond acceptors (Lipinski definition) is 4. The van der Waals surface area contributed by atoms with Gasteiger partial charge in [-0.1, -0.05) is 30.3 Å². The molecule has 1 fully saturated rings. The highest BCUT2D eigenvalue weighted by Crippen LogP contribution is 2.21. The van der Waals surface area contributed by atoms with Crippen molar-refractivity contribution in [2.75, 3.05) is 20.1 Å². The Kier molecular flexibility index (Phi) is 8.85. The normalized spacial score (nSPS) is 16.3. The third kappa shape index (κ3) is 6.21. The topological polar surface area (TPSA) is 95.7 Å². The van der Waals surface area contributed by atoms with Gasteiger partial charge in [-0.15, -0.1) is 0 Å². The van der Waals surface area contributed by atoms with E-state index in [0.29, 0.717) is 0 Å². The molecule has 1 aromatic carbocycles. The predicted molar refractivity (Wildman–Crippen MR) is 90.7 cm³/mol. The highest BCUT2D eigenvalue weighted by molar-refractivity contribution is 5.55. The lowest BCUT2D eigenvalue weighted by atomic mass is 10.1. The van der Waals surface area contributed by atoms with Crippen molar-refractivity contribution < 1.29 is 19.8 Å². The molecule has 1 atom stereocenters. The van der Waals surface area contributed by atoms with Crippen molar-refractivity contribution in [1.82, 2.24) is 14.5 Å². The lowest BCUT2D eigenvalue weighted by molar-refractivity contribution is -0.123. The monoisotopic (exact) mass is 333 g/mol. The first-order chi connectivity index (χ1) is 11.7. The van der Waals surface area contributed by atoms with Crippen molar-refractivity contribution in [3.8, 4) is 11.4 Å². The van der Waals surface area contributed by atoms with Gasteiger partial charge in [0.1, 0.15) is 5.82 Å². The fraction of sp³-hybridized carbons (Fsp3) is 0.353. The number of nitrogens with zero attached hydrogens (tertiary/aromatic N) is 3. The summed E-state index contributed by atoms with van der Waals surface area (Å²) in [6.45, 7) is 3.00. The largest absolute Gasteiger partial charge is 0.483 e. The molecule has 1 aliphatic rings. The quantitative estimate of drug-likeness (QED) is 0.833. The first kappa shape index (κ1) is 19.4. The summed E-state index contributed by atoms with van der Waals surface area (Å²) in [6.07, 6.45) is 5.30. The number of carbonyl (C=O) groups is 2. The van der Waals surface area contributed by atoms with Crippen molar-refractivity contribution in [3.63, 3.8) is 0 Å². The minimum absolute atomic E-state index is 0.250. The second-order valence-corrected chi connectivity index (χ2v) is 5.40. The molecule has 2 N–H and O–H groups in total. The number of benzene rings is 1. The SMILES string of the molecule is CN1CCC(Cn2ccnc2-c2ccccc2)C1.O=CO.O=CO. The molecule has 0 amide bonds. The number of carboxylic acid groups (broad SMARTS) is 2. The minimum atomic E-state index is -0.250. The van der Waals surface area contributed by atoms with Crippen LogP contribution in [0.5, 0.6) is 0 Å². The molecular weight excluding hydrogens is 310 g/mol. The highest BCUT2D eigenvalue weighted by Gasteiger charge is 2.20. The number of imidazole rings is 1. The van der Waals surface area contributed by atoms with Gasteiger partial charge in [-0.25, -0.2) is 4.98 Å². The Balaban J connectivity index is 0.000000423. The summed E-state index contributed by atoms with van der Waals surface area (Å²) in [7, 11) is 2.20. The van der Waals surface area contributed by atoms with E-state index in [1.54, 1.807) is 0 Å². The van der Waals surface area contributed by atoms with E-state index in [0.717, 1.165) is 18.3 Å². The van der Waals surface area contributed by atoms with E-state index in [2.05, 4.69) is 52.0 Å². The van der Waals surface area contributed by atoms with Crippen LogP contribution in [0.4, 0.5) is 0 Å². The molecule has 0 spiro atoms. The zero-order valence-electron chi connectivity index (χ0n) is 13.7. The van der Waals surface area contributed by atoms with E-state index in [1.165, 1.54) is 25.1 Å². The molecule has 0 bridgehead atoms. The molecule has 1 aromatic heterocycles. The van der Waals surface area contributed by atoms with Gasteiger partial charge < -0.3 is 19.7 Å². The first-order valence-electron chi connectivity index (χ1n) is 7.57. The van der Waals surface area contributed by atoms with Crippen molar-refractivity contribution >= 4 is 12.9 Å². The van der Waals surface area contributed by atoms with Crippen molar-refractivity contribution in [1.29, 1.82) is 0 Å². The van der Waals surface area contributed by atoms with Crippen LogP contribution >= 0.6 is 0 Å². The maximum atomic E-state index is 8.36. The molecule has 130 valence electrons. The van der Waals surface area contributed by atoms with Crippen molar-refractivity contribution in [2.45, 2.75) is 13.0 Å². The lowest BCUT2D eigenvalue weighted by Crippen LogP contribution is -2.17. The fourth-order valence-electron chi connectivity index (χ4n) is 2.76. The molecular formula is C17H23N3O4. The van der Waals surface area contributed by atoms with Crippen LogP contribution < -0.4 is 0 Å². The molecule has 1 saturated heterocycles. The molecule has 0 radical (unpaired) electrons. The van der Waals surface area contributed by atoms with Gasteiger partial charge in [0, 0.05) is 31.0 Å². The van der Waals surface area contributed by atoms with Crippen LogP contribution in [-0.2, 0) is 16.1 Å². The Morgan fingerprint density at radius 2 is 1.83 bits per heavy atom. The number of aromatic nitrogens is 2. The molecule has 2 heterocycles. The molecule has 0 saturated carbocycles. The van der Waals surface area contributed by atoms with Gasteiger partial charge in [0.2, 0.25) is 0 Å². The maximum absolute atomic E-state index is 8.36. The van der Waals surface area contributed by atoms with Crippen LogP contribution in [0.1, 0.15) is 6.42 Å². The predicted octanol–water partition coefficient (Wildman–Crippen LogP) is 1.90. The van der Waals surface area contributed by atoms with Gasteiger partial charge in [-0.3, -0.25) is 9.59 Å². The Morgan fingerprint density at radius 3 is 2.38 bits per heavy atom. The van der Waals surface area contributed by atoms with Crippen LogP contribution in [0.25, 0.3) is 11.4 Å². The molecule has 3 rings (SSSR count). The summed E-state index contributed by atoms with van der Waals surface area (Å²) in [4.78, 5) is 23.6. The smallest absolute Gasteiger partial charge is 0.290 e. The third-order valence-corrected chi connectivity index (χ3v) is 3.69. The van der Waals surface area contributed by atoms with Gasteiger partial charge in [-0.05, 0) is 25.9 Å². The molecule has 24 heavy (non-hydrogen) atoms. The van der Waals surface area contributed by atoms with Crippen LogP contribution in [0, 0.1) is 5.92 Å². The number of hydrogen-bond donors (Lipinski definition) is 2. The van der Waals surface area contributed by atoms with Gasteiger partial charge in [0.05, 0.1) is 0 Å². The summed E-state index contributed by atoms with van der Waals surface area (Å²) >= 11 is 0. The van der Waals surface area contributed by atoms with Crippen molar-refractivity contribution in [3.05, 3.63) is 42.7 Å². The fourth-order valence-corrected chi connectivity index (χ4v) is 2.76. The van der Waals surface area contributed by atoms with Crippen LogP contribution in [0.2, 0.25) is 0 Å². The van der Waals surface area contributed by atoms with E-state index in [4.69, 9.17) is 19.8 Å². The zero-order valence-corrected chi connectivity index (χ0v) is 13.7. The van der Waals surface area contributed by atoms with Crippen LogP contribution in [0.15, 0.2) is 42.7 Å². The molecule has 0 aliphatic carbocycles. The van der Waals surface area contributed by atoms with Crippen molar-refractivity contribution in [2.24, 2.45) is 5.92 Å². The maximum Gasteiger partial charge on any atom is 0.290 e. The first-order valence-corrected chi connectivity index (χ1v) is 7.57. The van der Waals surface area contributed by atoms with Gasteiger partial charge in [-0.2, -0.15) is 0 Å². The number of rotatable bonds is 3. The Hall–Kier alpha value is -2.67. The van der Waals surface area contributed by atoms with E-state index in [1.807, 2.05) is 12.3 Å². The van der Waals surface area contributed by atoms with Gasteiger partial charge >= 0.3 is 0 Å². The molecule has 2 aromatic rings. The van der Waals surface area contributed by atoms with Crippen LogP contribution in [0.3, 0.4) is 0 Å². The second kappa shape index (κ2) is 11.0. The highest BCUT2D eigenvalue weighted by atomic mass is 16.3. The molecule has 7 nitrogen and oxygen atoms in total. The summed E-state index contributed by atoms with van der Waals surface area (Å²) in [5.74, 6) is 1.84. The van der Waals surface area contributed by atoms with Gasteiger partial charge in [0.25, 0.3) is 12.9 Å².